The van der Waals surface area contributed by atoms with Crippen molar-refractivity contribution < 1.29 is 9.18 Å². The zero-order valence-corrected chi connectivity index (χ0v) is 12.4. The van der Waals surface area contributed by atoms with Crippen LogP contribution in [0.5, 0.6) is 0 Å². The zero-order chi connectivity index (χ0) is 13.3. The van der Waals surface area contributed by atoms with Gasteiger partial charge in [0.1, 0.15) is 10.7 Å². The van der Waals surface area contributed by atoms with Gasteiger partial charge in [0.2, 0.25) is 0 Å². The highest BCUT2D eigenvalue weighted by Crippen LogP contribution is 2.28. The summed E-state index contributed by atoms with van der Waals surface area (Å²) in [6.07, 6.45) is 0. The standard InChI is InChI=1S/C12H8BrClFNOS/c1-6-5-18-11(10(6)14)12(17)16-9-3-2-7(13)4-8(9)15/h2-5H,1H3,(H,16,17). The first-order valence-corrected chi connectivity index (χ1v) is 7.04. The lowest BCUT2D eigenvalue weighted by Gasteiger charge is -2.05. The van der Waals surface area contributed by atoms with Crippen molar-refractivity contribution in [2.45, 2.75) is 6.92 Å². The second kappa shape index (κ2) is 5.38. The van der Waals surface area contributed by atoms with Crippen molar-refractivity contribution in [3.05, 3.63) is 49.3 Å². The number of nitrogens with one attached hydrogen (secondary N) is 1. The molecule has 1 amide bonds. The van der Waals surface area contributed by atoms with Crippen molar-refractivity contribution >= 4 is 50.5 Å². The lowest BCUT2D eigenvalue weighted by molar-refractivity contribution is 0.103. The van der Waals surface area contributed by atoms with Gasteiger partial charge < -0.3 is 5.32 Å². The summed E-state index contributed by atoms with van der Waals surface area (Å²) in [5.74, 6) is -0.901. The lowest BCUT2D eigenvalue weighted by Crippen LogP contribution is -2.11. The smallest absolute Gasteiger partial charge is 0.267 e. The summed E-state index contributed by atoms with van der Waals surface area (Å²) in [4.78, 5) is 12.3. The molecule has 2 rings (SSSR count). The van der Waals surface area contributed by atoms with E-state index in [4.69, 9.17) is 11.6 Å². The Morgan fingerprint density at radius 2 is 2.22 bits per heavy atom. The number of aryl methyl sites for hydroxylation is 1. The van der Waals surface area contributed by atoms with Gasteiger partial charge >= 0.3 is 0 Å². The summed E-state index contributed by atoms with van der Waals surface area (Å²) >= 11 is 10.4. The summed E-state index contributed by atoms with van der Waals surface area (Å²) in [5, 5.41) is 4.70. The number of halogens is 3. The Labute approximate surface area is 121 Å². The van der Waals surface area contributed by atoms with Crippen LogP contribution in [0.15, 0.2) is 28.1 Å². The minimum atomic E-state index is -0.498. The zero-order valence-electron chi connectivity index (χ0n) is 9.26. The number of hydrogen-bond acceptors (Lipinski definition) is 2. The molecule has 0 saturated heterocycles. The maximum absolute atomic E-state index is 13.6. The van der Waals surface area contributed by atoms with E-state index in [1.165, 1.54) is 23.5 Å². The van der Waals surface area contributed by atoms with E-state index in [9.17, 15) is 9.18 Å². The van der Waals surface area contributed by atoms with Crippen molar-refractivity contribution in [1.82, 2.24) is 0 Å². The van der Waals surface area contributed by atoms with Gasteiger partial charge in [-0.2, -0.15) is 0 Å². The predicted molar refractivity (Wildman–Crippen MR) is 76.1 cm³/mol. The van der Waals surface area contributed by atoms with Gasteiger partial charge in [-0.1, -0.05) is 27.5 Å². The van der Waals surface area contributed by atoms with Crippen LogP contribution in [0.3, 0.4) is 0 Å². The van der Waals surface area contributed by atoms with Gasteiger partial charge in [-0.15, -0.1) is 11.3 Å². The molecule has 2 nitrogen and oxygen atoms in total. The van der Waals surface area contributed by atoms with Crippen LogP contribution in [0.1, 0.15) is 15.2 Å². The normalized spacial score (nSPS) is 10.4. The molecule has 0 aliphatic heterocycles. The molecule has 18 heavy (non-hydrogen) atoms. The fraction of sp³-hybridized carbons (Fsp3) is 0.0833. The Balaban J connectivity index is 2.24. The van der Waals surface area contributed by atoms with E-state index >= 15 is 0 Å². The third-order valence-corrected chi connectivity index (χ3v) is 4.47. The van der Waals surface area contributed by atoms with E-state index in [-0.39, 0.29) is 5.69 Å². The number of carbonyl (C=O) groups excluding carboxylic acids is 1. The molecule has 1 heterocycles. The molecule has 6 heteroatoms. The van der Waals surface area contributed by atoms with Gasteiger partial charge in [-0.05, 0) is 36.1 Å². The SMILES string of the molecule is Cc1csc(C(=O)Nc2ccc(Br)cc2F)c1Cl. The molecule has 0 atom stereocenters. The molecule has 0 aliphatic carbocycles. The van der Waals surface area contributed by atoms with Gasteiger partial charge in [-0.25, -0.2) is 4.39 Å². The average molecular weight is 349 g/mol. The molecule has 0 bridgehead atoms. The average Bonchev–Trinajstić information content (AvgIpc) is 2.64. The predicted octanol–water partition coefficient (Wildman–Crippen LogP) is 4.86. The molecular formula is C12H8BrClFNOS. The van der Waals surface area contributed by atoms with E-state index < -0.39 is 11.7 Å². The Bertz CT molecular complexity index is 614. The first-order valence-electron chi connectivity index (χ1n) is 4.99. The third-order valence-electron chi connectivity index (χ3n) is 2.28. The van der Waals surface area contributed by atoms with Crippen molar-refractivity contribution in [3.8, 4) is 0 Å². The number of benzene rings is 1. The highest BCUT2D eigenvalue weighted by molar-refractivity contribution is 9.10. The van der Waals surface area contributed by atoms with E-state index in [2.05, 4.69) is 21.2 Å². The molecule has 94 valence electrons. The number of thiophene rings is 1. The number of carbonyl (C=O) groups is 1. The van der Waals surface area contributed by atoms with E-state index in [0.717, 1.165) is 5.56 Å². The summed E-state index contributed by atoms with van der Waals surface area (Å²) in [5.41, 5.74) is 0.966. The molecule has 1 aromatic heterocycles. The Kier molecular flexibility index (Phi) is 4.04. The quantitative estimate of drug-likeness (QED) is 0.824. The van der Waals surface area contributed by atoms with Crippen molar-refractivity contribution in [1.29, 1.82) is 0 Å². The van der Waals surface area contributed by atoms with Crippen molar-refractivity contribution in [3.63, 3.8) is 0 Å². The van der Waals surface area contributed by atoms with Crippen LogP contribution in [-0.4, -0.2) is 5.91 Å². The summed E-state index contributed by atoms with van der Waals surface area (Å²) in [6.45, 7) is 1.82. The van der Waals surface area contributed by atoms with Crippen LogP contribution >= 0.6 is 38.9 Å². The molecule has 0 aliphatic rings. The molecule has 0 radical (unpaired) electrons. The van der Waals surface area contributed by atoms with Crippen molar-refractivity contribution in [2.75, 3.05) is 5.32 Å². The summed E-state index contributed by atoms with van der Waals surface area (Å²) in [7, 11) is 0. The summed E-state index contributed by atoms with van der Waals surface area (Å²) < 4.78 is 14.2. The first-order chi connectivity index (χ1) is 8.49. The number of amides is 1. The van der Waals surface area contributed by atoms with Gasteiger partial charge in [0.25, 0.3) is 5.91 Å². The fourth-order valence-electron chi connectivity index (χ4n) is 1.35. The molecule has 0 spiro atoms. The highest BCUT2D eigenvalue weighted by atomic mass is 79.9. The van der Waals surface area contributed by atoms with Crippen LogP contribution < -0.4 is 5.32 Å². The van der Waals surface area contributed by atoms with Gasteiger partial charge in [-0.3, -0.25) is 4.79 Å². The Hall–Kier alpha value is -0.910. The second-order valence-electron chi connectivity index (χ2n) is 3.64. The van der Waals surface area contributed by atoms with E-state index in [0.29, 0.717) is 14.4 Å². The van der Waals surface area contributed by atoms with Crippen LogP contribution in [0.4, 0.5) is 10.1 Å². The largest absolute Gasteiger partial charge is 0.319 e. The summed E-state index contributed by atoms with van der Waals surface area (Å²) in [6, 6.07) is 4.43. The number of hydrogen-bond donors (Lipinski definition) is 1. The van der Waals surface area contributed by atoms with Gasteiger partial charge in [0.15, 0.2) is 0 Å². The first kappa shape index (κ1) is 13.5. The topological polar surface area (TPSA) is 29.1 Å². The van der Waals surface area contributed by atoms with Gasteiger partial charge in [0.05, 0.1) is 10.7 Å². The maximum Gasteiger partial charge on any atom is 0.267 e. The Morgan fingerprint density at radius 3 is 2.78 bits per heavy atom. The number of rotatable bonds is 2. The van der Waals surface area contributed by atoms with Crippen LogP contribution in [-0.2, 0) is 0 Å². The fourth-order valence-corrected chi connectivity index (χ4v) is 2.86. The van der Waals surface area contributed by atoms with Gasteiger partial charge in [0, 0.05) is 4.47 Å². The Morgan fingerprint density at radius 1 is 1.50 bits per heavy atom. The van der Waals surface area contributed by atoms with E-state index in [1.807, 2.05) is 6.92 Å². The molecule has 1 aromatic carbocycles. The molecule has 0 fully saturated rings. The van der Waals surface area contributed by atoms with Crippen LogP contribution in [0.25, 0.3) is 0 Å². The second-order valence-corrected chi connectivity index (χ2v) is 5.81. The molecule has 0 saturated carbocycles. The minimum absolute atomic E-state index is 0.130. The minimum Gasteiger partial charge on any atom is -0.319 e. The molecular weight excluding hydrogens is 341 g/mol. The molecule has 2 aromatic rings. The maximum atomic E-state index is 13.6. The number of anilines is 1. The lowest BCUT2D eigenvalue weighted by atomic mass is 10.3. The van der Waals surface area contributed by atoms with E-state index in [1.54, 1.807) is 11.4 Å². The van der Waals surface area contributed by atoms with Crippen LogP contribution in [0, 0.1) is 12.7 Å². The molecule has 0 unspecified atom stereocenters. The monoisotopic (exact) mass is 347 g/mol. The van der Waals surface area contributed by atoms with Crippen LogP contribution in [0.2, 0.25) is 5.02 Å². The van der Waals surface area contributed by atoms with Crippen molar-refractivity contribution in [2.24, 2.45) is 0 Å². The molecule has 1 N–H and O–H groups in total. The highest BCUT2D eigenvalue weighted by Gasteiger charge is 2.16. The third kappa shape index (κ3) is 2.74.